The highest BCUT2D eigenvalue weighted by atomic mass is 16.5. The first kappa shape index (κ1) is 8.95. The molecule has 0 spiro atoms. The zero-order chi connectivity index (χ0) is 8.97. The molecule has 0 aromatic carbocycles. The van der Waals surface area contributed by atoms with E-state index in [1.54, 1.807) is 0 Å². The van der Waals surface area contributed by atoms with Crippen LogP contribution in [0.3, 0.4) is 0 Å². The number of carbonyl (C=O) groups is 2. The highest BCUT2D eigenvalue weighted by molar-refractivity contribution is 5.96. The average molecular weight is 173 g/mol. The normalized spacial score (nSPS) is 23.2. The number of nitrogens with two attached hydrogens (primary N) is 1. The Morgan fingerprint density at radius 2 is 2.33 bits per heavy atom. The maximum atomic E-state index is 11.1. The molecule has 6 heteroatoms. The summed E-state index contributed by atoms with van der Waals surface area (Å²) < 4.78 is 5.01. The smallest absolute Gasteiger partial charge is 0.318 e. The van der Waals surface area contributed by atoms with Gasteiger partial charge in [0.25, 0.3) is 0 Å². The number of carbonyl (C=O) groups excluding carboxylic acids is 2. The molecule has 1 atom stereocenters. The quantitative estimate of drug-likeness (QED) is 0.434. The number of amides is 3. The fraction of sp³-hybridized carbons (Fsp3) is 0.667. The molecule has 6 nitrogen and oxygen atoms in total. The van der Waals surface area contributed by atoms with Gasteiger partial charge in [-0.3, -0.25) is 10.1 Å². The SMILES string of the molecule is NC(=O)NC(=O)C1COCCN1. The maximum Gasteiger partial charge on any atom is 0.318 e. The van der Waals surface area contributed by atoms with Gasteiger partial charge in [-0.15, -0.1) is 0 Å². The second-order valence-electron chi connectivity index (χ2n) is 2.44. The predicted octanol–water partition coefficient (Wildman–Crippen LogP) is -1.83. The lowest BCUT2D eigenvalue weighted by Gasteiger charge is -2.21. The van der Waals surface area contributed by atoms with E-state index >= 15 is 0 Å². The van der Waals surface area contributed by atoms with Crippen LogP contribution in [0.5, 0.6) is 0 Å². The van der Waals surface area contributed by atoms with E-state index in [1.165, 1.54) is 0 Å². The van der Waals surface area contributed by atoms with E-state index in [4.69, 9.17) is 10.5 Å². The molecule has 12 heavy (non-hydrogen) atoms. The largest absolute Gasteiger partial charge is 0.378 e. The summed E-state index contributed by atoms with van der Waals surface area (Å²) in [6, 6.07) is -1.31. The standard InChI is InChI=1S/C6H11N3O3/c7-6(11)9-5(10)4-3-12-2-1-8-4/h4,8H,1-3H2,(H3,7,9,10,11). The van der Waals surface area contributed by atoms with Gasteiger partial charge in [-0.2, -0.15) is 0 Å². The van der Waals surface area contributed by atoms with Crippen LogP contribution in [-0.2, 0) is 9.53 Å². The van der Waals surface area contributed by atoms with E-state index in [0.29, 0.717) is 13.2 Å². The molecule has 1 saturated heterocycles. The molecule has 1 aliphatic rings. The Bertz CT molecular complexity index is 188. The molecular formula is C6H11N3O3. The minimum Gasteiger partial charge on any atom is -0.378 e. The molecule has 0 bridgehead atoms. The van der Waals surface area contributed by atoms with Gasteiger partial charge in [0, 0.05) is 6.54 Å². The van der Waals surface area contributed by atoms with Gasteiger partial charge < -0.3 is 15.8 Å². The van der Waals surface area contributed by atoms with Gasteiger partial charge in [-0.05, 0) is 0 Å². The Hall–Kier alpha value is -1.14. The summed E-state index contributed by atoms with van der Waals surface area (Å²) >= 11 is 0. The van der Waals surface area contributed by atoms with Crippen molar-refractivity contribution in [1.82, 2.24) is 10.6 Å². The zero-order valence-corrected chi connectivity index (χ0v) is 6.50. The Labute approximate surface area is 69.4 Å². The van der Waals surface area contributed by atoms with Crippen LogP contribution < -0.4 is 16.4 Å². The number of ether oxygens (including phenoxy) is 1. The summed E-state index contributed by atoms with van der Waals surface area (Å²) in [5.74, 6) is -0.442. The number of morpholine rings is 1. The molecule has 1 unspecified atom stereocenters. The van der Waals surface area contributed by atoms with Gasteiger partial charge in [0.05, 0.1) is 13.2 Å². The fourth-order valence-corrected chi connectivity index (χ4v) is 0.942. The molecule has 68 valence electrons. The average Bonchev–Trinajstić information content (AvgIpc) is 2.05. The Morgan fingerprint density at radius 1 is 1.58 bits per heavy atom. The second kappa shape index (κ2) is 4.03. The lowest BCUT2D eigenvalue weighted by molar-refractivity contribution is -0.124. The summed E-state index contributed by atoms with van der Waals surface area (Å²) in [4.78, 5) is 21.3. The number of imide groups is 1. The molecule has 1 rings (SSSR count). The van der Waals surface area contributed by atoms with E-state index in [0.717, 1.165) is 0 Å². The van der Waals surface area contributed by atoms with Crippen molar-refractivity contribution in [2.24, 2.45) is 5.73 Å². The van der Waals surface area contributed by atoms with Crippen molar-refractivity contribution in [2.75, 3.05) is 19.8 Å². The molecule has 0 aromatic heterocycles. The third-order valence-electron chi connectivity index (χ3n) is 1.48. The zero-order valence-electron chi connectivity index (χ0n) is 6.50. The predicted molar refractivity (Wildman–Crippen MR) is 40.3 cm³/mol. The van der Waals surface area contributed by atoms with Crippen molar-refractivity contribution < 1.29 is 14.3 Å². The van der Waals surface area contributed by atoms with E-state index in [9.17, 15) is 9.59 Å². The van der Waals surface area contributed by atoms with Crippen LogP contribution in [0.1, 0.15) is 0 Å². The summed E-state index contributed by atoms with van der Waals surface area (Å²) in [5, 5.41) is 4.85. The summed E-state index contributed by atoms with van der Waals surface area (Å²) in [6.45, 7) is 1.47. The lowest BCUT2D eigenvalue weighted by atomic mass is 10.2. The van der Waals surface area contributed by atoms with Gasteiger partial charge >= 0.3 is 6.03 Å². The van der Waals surface area contributed by atoms with Crippen LogP contribution in [0.25, 0.3) is 0 Å². The number of primary amides is 1. The Kier molecular flexibility index (Phi) is 3.01. The van der Waals surface area contributed by atoms with Gasteiger partial charge in [0.15, 0.2) is 0 Å². The molecule has 0 aromatic rings. The molecule has 0 radical (unpaired) electrons. The number of rotatable bonds is 1. The molecule has 1 fully saturated rings. The van der Waals surface area contributed by atoms with Crippen LogP contribution in [0.15, 0.2) is 0 Å². The minimum absolute atomic E-state index is 0.277. The molecule has 0 aliphatic carbocycles. The molecule has 3 amide bonds. The van der Waals surface area contributed by atoms with Crippen molar-refractivity contribution in [3.05, 3.63) is 0 Å². The van der Waals surface area contributed by atoms with E-state index < -0.39 is 18.0 Å². The maximum absolute atomic E-state index is 11.1. The lowest BCUT2D eigenvalue weighted by Crippen LogP contribution is -2.53. The van der Waals surface area contributed by atoms with Gasteiger partial charge in [-0.25, -0.2) is 4.79 Å². The first-order chi connectivity index (χ1) is 5.70. The first-order valence-electron chi connectivity index (χ1n) is 3.61. The third kappa shape index (κ3) is 2.48. The van der Waals surface area contributed by atoms with Crippen molar-refractivity contribution >= 4 is 11.9 Å². The Morgan fingerprint density at radius 3 is 2.83 bits per heavy atom. The summed E-state index contributed by atoms with van der Waals surface area (Å²) in [5.41, 5.74) is 4.76. The third-order valence-corrected chi connectivity index (χ3v) is 1.48. The van der Waals surface area contributed by atoms with Crippen molar-refractivity contribution in [1.29, 1.82) is 0 Å². The molecule has 4 N–H and O–H groups in total. The van der Waals surface area contributed by atoms with Crippen LogP contribution >= 0.6 is 0 Å². The Balaban J connectivity index is 2.34. The monoisotopic (exact) mass is 173 g/mol. The number of nitrogens with one attached hydrogen (secondary N) is 2. The van der Waals surface area contributed by atoms with Crippen molar-refractivity contribution in [3.8, 4) is 0 Å². The van der Waals surface area contributed by atoms with Crippen LogP contribution in [0, 0.1) is 0 Å². The first-order valence-corrected chi connectivity index (χ1v) is 3.61. The van der Waals surface area contributed by atoms with Crippen LogP contribution in [0.2, 0.25) is 0 Å². The second-order valence-corrected chi connectivity index (χ2v) is 2.44. The van der Waals surface area contributed by atoms with Gasteiger partial charge in [-0.1, -0.05) is 0 Å². The topological polar surface area (TPSA) is 93.5 Å². The fourth-order valence-electron chi connectivity index (χ4n) is 0.942. The summed E-state index contributed by atoms with van der Waals surface area (Å²) in [7, 11) is 0. The van der Waals surface area contributed by atoms with Gasteiger partial charge in [0.2, 0.25) is 5.91 Å². The van der Waals surface area contributed by atoms with Crippen LogP contribution in [-0.4, -0.2) is 37.7 Å². The summed E-state index contributed by atoms with van der Waals surface area (Å²) in [6.07, 6.45) is 0. The number of hydrogen-bond acceptors (Lipinski definition) is 4. The molecular weight excluding hydrogens is 162 g/mol. The van der Waals surface area contributed by atoms with Crippen molar-refractivity contribution in [2.45, 2.75) is 6.04 Å². The highest BCUT2D eigenvalue weighted by Gasteiger charge is 2.21. The van der Waals surface area contributed by atoms with E-state index in [-0.39, 0.29) is 6.61 Å². The van der Waals surface area contributed by atoms with E-state index in [1.807, 2.05) is 5.32 Å². The highest BCUT2D eigenvalue weighted by Crippen LogP contribution is 1.92. The van der Waals surface area contributed by atoms with Gasteiger partial charge in [0.1, 0.15) is 6.04 Å². The number of urea groups is 1. The molecule has 0 saturated carbocycles. The molecule has 1 aliphatic heterocycles. The van der Waals surface area contributed by atoms with E-state index in [2.05, 4.69) is 5.32 Å². The molecule has 1 heterocycles. The number of hydrogen-bond donors (Lipinski definition) is 3. The van der Waals surface area contributed by atoms with Crippen molar-refractivity contribution in [3.63, 3.8) is 0 Å². The minimum atomic E-state index is -0.840. The van der Waals surface area contributed by atoms with Crippen LogP contribution in [0.4, 0.5) is 4.79 Å².